The fourth-order valence-corrected chi connectivity index (χ4v) is 7.16. The van der Waals surface area contributed by atoms with Crippen LogP contribution in [0.4, 0.5) is 0 Å². The standard InChI is InChI=1S/C42H26N6/c1-3-13-27(14-4-1)39-40(28-15-5-2-6-16-28)45-41-34(44-39)26-43-46-42(41)48-37-22-12-9-19-32(37)33-25-29(23-24-38(33)48)47-35-20-10-7-17-30(35)31-18-8-11-21-36(31)47/h1-26H. The van der Waals surface area contributed by atoms with Gasteiger partial charge in [0, 0.05) is 38.4 Å². The molecule has 4 heterocycles. The van der Waals surface area contributed by atoms with Gasteiger partial charge in [-0.05, 0) is 36.4 Å². The average molecular weight is 615 g/mol. The SMILES string of the molecule is c1ccc(-c2nc3cnnc(-n4c5ccccc5c5cc(-n6c7ccccc7c7ccccc76)ccc54)c3nc2-c2ccccc2)cc1. The Labute approximate surface area is 275 Å². The molecule has 0 aliphatic heterocycles. The molecule has 224 valence electrons. The van der Waals surface area contributed by atoms with Crippen LogP contribution in [0.3, 0.4) is 0 Å². The number of hydrogen-bond acceptors (Lipinski definition) is 4. The van der Waals surface area contributed by atoms with Crippen LogP contribution in [0.15, 0.2) is 158 Å². The molecule has 0 atom stereocenters. The van der Waals surface area contributed by atoms with Gasteiger partial charge in [0.2, 0.25) is 0 Å². The van der Waals surface area contributed by atoms with Crippen molar-refractivity contribution in [2.75, 3.05) is 0 Å². The molecule has 0 radical (unpaired) electrons. The Morgan fingerprint density at radius 3 is 1.54 bits per heavy atom. The lowest BCUT2D eigenvalue weighted by Crippen LogP contribution is -2.05. The van der Waals surface area contributed by atoms with Gasteiger partial charge in [-0.15, -0.1) is 5.10 Å². The maximum atomic E-state index is 5.33. The third kappa shape index (κ3) is 3.93. The number of para-hydroxylation sites is 3. The summed E-state index contributed by atoms with van der Waals surface area (Å²) in [5, 5.41) is 14.0. The number of fused-ring (bicyclic) bond motifs is 7. The van der Waals surface area contributed by atoms with E-state index in [1.54, 1.807) is 6.20 Å². The summed E-state index contributed by atoms with van der Waals surface area (Å²) in [7, 11) is 0. The van der Waals surface area contributed by atoms with Crippen molar-refractivity contribution >= 4 is 54.6 Å². The first-order chi connectivity index (χ1) is 23.8. The monoisotopic (exact) mass is 614 g/mol. The molecule has 0 unspecified atom stereocenters. The quantitative estimate of drug-likeness (QED) is 0.198. The van der Waals surface area contributed by atoms with Crippen molar-refractivity contribution in [1.29, 1.82) is 0 Å². The Bertz CT molecular complexity index is 2780. The van der Waals surface area contributed by atoms with E-state index in [2.05, 4.69) is 129 Å². The highest BCUT2D eigenvalue weighted by atomic mass is 15.2. The van der Waals surface area contributed by atoms with Crippen molar-refractivity contribution in [3.05, 3.63) is 158 Å². The van der Waals surface area contributed by atoms with Crippen LogP contribution in [-0.2, 0) is 0 Å². The van der Waals surface area contributed by atoms with E-state index < -0.39 is 0 Å². The van der Waals surface area contributed by atoms with Gasteiger partial charge >= 0.3 is 0 Å². The van der Waals surface area contributed by atoms with E-state index in [0.29, 0.717) is 16.9 Å². The van der Waals surface area contributed by atoms with Gasteiger partial charge in [0.25, 0.3) is 0 Å². The normalized spacial score (nSPS) is 11.8. The first-order valence-electron chi connectivity index (χ1n) is 16.0. The van der Waals surface area contributed by atoms with Crippen LogP contribution in [0.25, 0.3) is 88.7 Å². The predicted octanol–water partition coefficient (Wildman–Crippen LogP) is 9.95. The van der Waals surface area contributed by atoms with E-state index in [1.165, 1.54) is 21.8 Å². The van der Waals surface area contributed by atoms with Crippen molar-refractivity contribution in [1.82, 2.24) is 29.3 Å². The third-order valence-corrected chi connectivity index (χ3v) is 9.27. The zero-order valence-electron chi connectivity index (χ0n) is 25.7. The lowest BCUT2D eigenvalue weighted by atomic mass is 10.0. The molecule has 4 aromatic heterocycles. The topological polar surface area (TPSA) is 61.4 Å². The Kier molecular flexibility index (Phi) is 5.77. The van der Waals surface area contributed by atoms with Crippen LogP contribution in [0.5, 0.6) is 0 Å². The summed E-state index contributed by atoms with van der Waals surface area (Å²) in [6.45, 7) is 0. The van der Waals surface area contributed by atoms with Gasteiger partial charge in [0.05, 0.1) is 39.7 Å². The van der Waals surface area contributed by atoms with Gasteiger partial charge in [-0.25, -0.2) is 9.97 Å². The van der Waals surface area contributed by atoms with Gasteiger partial charge in [-0.2, -0.15) is 5.10 Å². The largest absolute Gasteiger partial charge is 0.309 e. The van der Waals surface area contributed by atoms with Crippen LogP contribution >= 0.6 is 0 Å². The van der Waals surface area contributed by atoms with Gasteiger partial charge in [-0.3, -0.25) is 4.57 Å². The molecule has 0 amide bonds. The van der Waals surface area contributed by atoms with Crippen molar-refractivity contribution in [3.8, 4) is 34.0 Å². The first kappa shape index (κ1) is 26.5. The fraction of sp³-hybridized carbons (Fsp3) is 0. The van der Waals surface area contributed by atoms with E-state index in [-0.39, 0.29) is 0 Å². The molecule has 6 nitrogen and oxygen atoms in total. The molecule has 48 heavy (non-hydrogen) atoms. The molecular formula is C42H26N6. The molecule has 10 rings (SSSR count). The molecular weight excluding hydrogens is 589 g/mol. The number of aromatic nitrogens is 6. The Morgan fingerprint density at radius 2 is 0.917 bits per heavy atom. The second kappa shape index (κ2) is 10.4. The summed E-state index contributed by atoms with van der Waals surface area (Å²) < 4.78 is 4.54. The summed E-state index contributed by atoms with van der Waals surface area (Å²) in [6.07, 6.45) is 1.71. The second-order valence-electron chi connectivity index (χ2n) is 12.0. The first-order valence-corrected chi connectivity index (χ1v) is 16.0. The molecule has 0 spiro atoms. The highest BCUT2D eigenvalue weighted by Gasteiger charge is 2.21. The van der Waals surface area contributed by atoms with Crippen molar-refractivity contribution < 1.29 is 0 Å². The van der Waals surface area contributed by atoms with Gasteiger partial charge in [-0.1, -0.05) is 115 Å². The molecule has 0 N–H and O–H groups in total. The molecule has 0 fully saturated rings. The van der Waals surface area contributed by atoms with Gasteiger partial charge < -0.3 is 4.57 Å². The number of rotatable bonds is 4. The third-order valence-electron chi connectivity index (χ3n) is 9.27. The van der Waals surface area contributed by atoms with Crippen LogP contribution in [-0.4, -0.2) is 29.3 Å². The lowest BCUT2D eigenvalue weighted by molar-refractivity contribution is 0.960. The van der Waals surface area contributed by atoms with Gasteiger partial charge in [0.1, 0.15) is 11.0 Å². The minimum atomic E-state index is 0.646. The second-order valence-corrected chi connectivity index (χ2v) is 12.0. The van der Waals surface area contributed by atoms with Crippen molar-refractivity contribution in [2.24, 2.45) is 0 Å². The van der Waals surface area contributed by atoms with E-state index in [1.807, 2.05) is 36.4 Å². The fourth-order valence-electron chi connectivity index (χ4n) is 7.16. The van der Waals surface area contributed by atoms with E-state index >= 15 is 0 Å². The Morgan fingerprint density at radius 1 is 0.417 bits per heavy atom. The Balaban J connectivity index is 1.25. The summed E-state index contributed by atoms with van der Waals surface area (Å²) in [6, 6.07) is 52.8. The Hall–Kier alpha value is -6.66. The zero-order valence-corrected chi connectivity index (χ0v) is 25.7. The zero-order chi connectivity index (χ0) is 31.6. The molecule has 0 saturated carbocycles. The lowest BCUT2D eigenvalue weighted by Gasteiger charge is -2.13. The van der Waals surface area contributed by atoms with Crippen LogP contribution < -0.4 is 0 Å². The molecule has 0 bridgehead atoms. The van der Waals surface area contributed by atoms with Crippen molar-refractivity contribution in [2.45, 2.75) is 0 Å². The molecule has 10 aromatic rings. The smallest absolute Gasteiger partial charge is 0.188 e. The van der Waals surface area contributed by atoms with E-state index in [0.717, 1.165) is 50.0 Å². The van der Waals surface area contributed by atoms with Crippen LogP contribution in [0.2, 0.25) is 0 Å². The van der Waals surface area contributed by atoms with Crippen LogP contribution in [0.1, 0.15) is 0 Å². The highest BCUT2D eigenvalue weighted by Crippen LogP contribution is 2.38. The summed E-state index contributed by atoms with van der Waals surface area (Å²) in [5.74, 6) is 0.646. The maximum absolute atomic E-state index is 5.33. The van der Waals surface area contributed by atoms with Gasteiger partial charge in [0.15, 0.2) is 5.82 Å². The minimum Gasteiger partial charge on any atom is -0.309 e. The van der Waals surface area contributed by atoms with E-state index in [4.69, 9.17) is 15.1 Å². The average Bonchev–Trinajstić information content (AvgIpc) is 3.67. The molecule has 0 saturated heterocycles. The minimum absolute atomic E-state index is 0.646. The summed E-state index contributed by atoms with van der Waals surface area (Å²) in [5.41, 5.74) is 10.5. The predicted molar refractivity (Wildman–Crippen MR) is 195 cm³/mol. The highest BCUT2D eigenvalue weighted by molar-refractivity contribution is 6.12. The molecule has 0 aliphatic rings. The maximum Gasteiger partial charge on any atom is 0.188 e. The number of benzene rings is 6. The summed E-state index contributed by atoms with van der Waals surface area (Å²) in [4.78, 5) is 10.5. The van der Waals surface area contributed by atoms with Crippen molar-refractivity contribution in [3.63, 3.8) is 0 Å². The molecule has 6 aromatic carbocycles. The molecule has 0 aliphatic carbocycles. The van der Waals surface area contributed by atoms with Crippen LogP contribution in [0, 0.1) is 0 Å². The molecule has 6 heteroatoms. The van der Waals surface area contributed by atoms with E-state index in [9.17, 15) is 0 Å². The summed E-state index contributed by atoms with van der Waals surface area (Å²) >= 11 is 0. The number of nitrogens with zero attached hydrogens (tertiary/aromatic N) is 6. The number of hydrogen-bond donors (Lipinski definition) is 0.